The van der Waals surface area contributed by atoms with Gasteiger partial charge in [0.05, 0.1) is 0 Å². The van der Waals surface area contributed by atoms with Gasteiger partial charge in [-0.15, -0.1) is 0 Å². The first-order valence-corrected chi connectivity index (χ1v) is 6.88. The van der Waals surface area contributed by atoms with Gasteiger partial charge in [-0.2, -0.15) is 0 Å². The fourth-order valence-corrected chi connectivity index (χ4v) is 2.14. The van der Waals surface area contributed by atoms with Crippen LogP contribution < -0.4 is 10.5 Å². The largest absolute Gasteiger partial charge is 0.480 e. The lowest BCUT2D eigenvalue weighted by atomic mass is 10.2. The highest BCUT2D eigenvalue weighted by atomic mass is 32.2. The molecule has 0 aliphatic carbocycles. The number of amides is 1. The maximum Gasteiger partial charge on any atom is 0.326 e. The molecule has 1 atom stereocenters. The summed E-state index contributed by atoms with van der Waals surface area (Å²) in [6.07, 6.45) is 0.183. The third-order valence-electron chi connectivity index (χ3n) is 2.41. The summed E-state index contributed by atoms with van der Waals surface area (Å²) < 4.78 is 27.3. The number of carbonyl (C=O) groups is 2. The van der Waals surface area contributed by atoms with Gasteiger partial charge >= 0.3 is 5.97 Å². The summed E-state index contributed by atoms with van der Waals surface area (Å²) in [5.74, 6) is -2.34. The van der Waals surface area contributed by atoms with Crippen LogP contribution in [-0.4, -0.2) is 31.4 Å². The van der Waals surface area contributed by atoms with Crippen LogP contribution in [0.4, 0.5) is 0 Å². The van der Waals surface area contributed by atoms with Crippen molar-refractivity contribution in [1.82, 2.24) is 5.32 Å². The van der Waals surface area contributed by atoms with Crippen LogP contribution >= 0.6 is 0 Å². The van der Waals surface area contributed by atoms with Crippen molar-refractivity contribution in [3.63, 3.8) is 0 Å². The van der Waals surface area contributed by atoms with E-state index in [1.165, 1.54) is 6.92 Å². The second-order valence-electron chi connectivity index (χ2n) is 3.85. The molecule has 4 N–H and O–H groups in total. The molecule has 0 bridgehead atoms. The molecule has 0 saturated carbocycles. The van der Waals surface area contributed by atoms with Gasteiger partial charge in [0.1, 0.15) is 16.7 Å². The number of carbonyl (C=O) groups excluding carboxylic acids is 1. The van der Waals surface area contributed by atoms with E-state index in [-0.39, 0.29) is 22.8 Å². The molecule has 19 heavy (non-hydrogen) atoms. The van der Waals surface area contributed by atoms with Crippen LogP contribution in [0.3, 0.4) is 0 Å². The van der Waals surface area contributed by atoms with E-state index in [0.29, 0.717) is 0 Å². The molecule has 1 heterocycles. The third kappa shape index (κ3) is 3.55. The number of carboxylic acid groups (broad SMARTS) is 1. The Morgan fingerprint density at radius 1 is 1.53 bits per heavy atom. The predicted molar refractivity (Wildman–Crippen MR) is 64.0 cm³/mol. The van der Waals surface area contributed by atoms with Gasteiger partial charge in [0.2, 0.25) is 10.0 Å². The molecule has 9 heteroatoms. The van der Waals surface area contributed by atoms with E-state index in [4.69, 9.17) is 14.7 Å². The van der Waals surface area contributed by atoms with Crippen molar-refractivity contribution in [2.24, 2.45) is 5.14 Å². The highest BCUT2D eigenvalue weighted by Gasteiger charge is 2.24. The summed E-state index contributed by atoms with van der Waals surface area (Å²) in [5.41, 5.74) is 0. The molecular weight excluding hydrogens is 276 g/mol. The van der Waals surface area contributed by atoms with Gasteiger partial charge in [0.25, 0.3) is 5.91 Å². The van der Waals surface area contributed by atoms with Gasteiger partial charge in [0, 0.05) is 6.07 Å². The second-order valence-corrected chi connectivity index (χ2v) is 5.38. The Kier molecular flexibility index (Phi) is 4.32. The number of furan rings is 1. The maximum absolute atomic E-state index is 11.7. The molecule has 8 nitrogen and oxygen atoms in total. The SMILES string of the molecule is CCC(NC(=O)c1cc(S(N)(=O)=O)c(C)o1)C(=O)O. The molecule has 106 valence electrons. The Labute approximate surface area is 109 Å². The average Bonchev–Trinajstić information content (AvgIpc) is 2.67. The number of sulfonamides is 1. The lowest BCUT2D eigenvalue weighted by Crippen LogP contribution is -2.40. The molecule has 1 rings (SSSR count). The lowest BCUT2D eigenvalue weighted by molar-refractivity contribution is -0.139. The van der Waals surface area contributed by atoms with Crippen molar-refractivity contribution in [1.29, 1.82) is 0 Å². The number of carboxylic acids is 1. The standard InChI is InChI=1S/C10H14N2O6S/c1-3-6(10(14)15)12-9(13)7-4-8(5(2)18-7)19(11,16)17/h4,6H,3H2,1-2H3,(H,12,13)(H,14,15)(H2,11,16,17). The Bertz CT molecular complexity index is 604. The van der Waals surface area contributed by atoms with Gasteiger partial charge in [-0.1, -0.05) is 6.92 Å². The van der Waals surface area contributed by atoms with E-state index in [0.717, 1.165) is 6.07 Å². The van der Waals surface area contributed by atoms with E-state index in [2.05, 4.69) is 5.32 Å². The van der Waals surface area contributed by atoms with Gasteiger partial charge in [-0.05, 0) is 13.3 Å². The van der Waals surface area contributed by atoms with Crippen LogP contribution in [-0.2, 0) is 14.8 Å². The summed E-state index contributed by atoms with van der Waals surface area (Å²) in [5, 5.41) is 15.9. The fraction of sp³-hybridized carbons (Fsp3) is 0.400. The Balaban J connectivity index is 2.99. The van der Waals surface area contributed by atoms with Crippen LogP contribution in [0.25, 0.3) is 0 Å². The molecule has 0 fully saturated rings. The number of aryl methyl sites for hydroxylation is 1. The van der Waals surface area contributed by atoms with Crippen LogP contribution in [0.15, 0.2) is 15.4 Å². The van der Waals surface area contributed by atoms with Gasteiger partial charge in [0.15, 0.2) is 5.76 Å². The fourth-order valence-electron chi connectivity index (χ4n) is 1.43. The van der Waals surface area contributed by atoms with Crippen LogP contribution in [0.1, 0.15) is 29.7 Å². The minimum absolute atomic E-state index is 0.0315. The van der Waals surface area contributed by atoms with Gasteiger partial charge in [-0.25, -0.2) is 18.4 Å². The molecule has 1 unspecified atom stereocenters. The van der Waals surface area contributed by atoms with E-state index in [1.807, 2.05) is 0 Å². The number of nitrogens with one attached hydrogen (secondary N) is 1. The highest BCUT2D eigenvalue weighted by molar-refractivity contribution is 7.89. The smallest absolute Gasteiger partial charge is 0.326 e. The highest BCUT2D eigenvalue weighted by Crippen LogP contribution is 2.18. The number of nitrogens with two attached hydrogens (primary N) is 1. The first-order chi connectivity index (χ1) is 8.66. The molecule has 0 spiro atoms. The van der Waals surface area contributed by atoms with Gasteiger partial charge in [-0.3, -0.25) is 4.79 Å². The topological polar surface area (TPSA) is 140 Å². The third-order valence-corrected chi connectivity index (χ3v) is 3.43. The molecule has 0 aliphatic rings. The Hall–Kier alpha value is -1.87. The minimum Gasteiger partial charge on any atom is -0.480 e. The number of primary sulfonamides is 1. The van der Waals surface area contributed by atoms with E-state index < -0.39 is 27.9 Å². The quantitative estimate of drug-likeness (QED) is 0.687. The number of hydrogen-bond donors (Lipinski definition) is 3. The van der Waals surface area contributed by atoms with Crippen molar-refractivity contribution in [3.8, 4) is 0 Å². The van der Waals surface area contributed by atoms with Gasteiger partial charge < -0.3 is 14.8 Å². The summed E-state index contributed by atoms with van der Waals surface area (Å²) >= 11 is 0. The first kappa shape index (κ1) is 15.2. The van der Waals surface area contributed by atoms with Crippen LogP contribution in [0.5, 0.6) is 0 Å². The summed E-state index contributed by atoms with van der Waals surface area (Å²) in [4.78, 5) is 22.2. The van der Waals surface area contributed by atoms with E-state index >= 15 is 0 Å². The molecule has 0 saturated heterocycles. The van der Waals surface area contributed by atoms with E-state index in [1.54, 1.807) is 6.92 Å². The Morgan fingerprint density at radius 3 is 2.47 bits per heavy atom. The average molecular weight is 290 g/mol. The molecule has 1 aromatic heterocycles. The molecule has 0 radical (unpaired) electrons. The molecule has 1 amide bonds. The van der Waals surface area contributed by atoms with Crippen molar-refractivity contribution in [3.05, 3.63) is 17.6 Å². The molecule has 0 aromatic carbocycles. The lowest BCUT2D eigenvalue weighted by Gasteiger charge is -2.10. The first-order valence-electron chi connectivity index (χ1n) is 5.33. The number of rotatable bonds is 5. The zero-order chi connectivity index (χ0) is 14.8. The predicted octanol–water partition coefficient (Wildman–Crippen LogP) is -0.172. The van der Waals surface area contributed by atoms with Crippen LogP contribution in [0, 0.1) is 6.92 Å². The summed E-state index contributed by atoms with van der Waals surface area (Å²) in [6, 6.07) is -0.106. The number of hydrogen-bond acceptors (Lipinski definition) is 5. The van der Waals surface area contributed by atoms with Crippen LogP contribution in [0.2, 0.25) is 0 Å². The summed E-state index contributed by atoms with van der Waals surface area (Å²) in [7, 11) is -3.99. The zero-order valence-electron chi connectivity index (χ0n) is 10.3. The maximum atomic E-state index is 11.7. The molecule has 1 aromatic rings. The zero-order valence-corrected chi connectivity index (χ0v) is 11.2. The van der Waals surface area contributed by atoms with Crippen molar-refractivity contribution < 1.29 is 27.5 Å². The minimum atomic E-state index is -3.99. The van der Waals surface area contributed by atoms with Crippen molar-refractivity contribution in [2.75, 3.05) is 0 Å². The molecule has 0 aliphatic heterocycles. The number of aliphatic carboxylic acids is 1. The van der Waals surface area contributed by atoms with E-state index in [9.17, 15) is 18.0 Å². The Morgan fingerprint density at radius 2 is 2.11 bits per heavy atom. The second kappa shape index (κ2) is 5.41. The summed E-state index contributed by atoms with van der Waals surface area (Å²) in [6.45, 7) is 2.92. The van der Waals surface area contributed by atoms with Crippen molar-refractivity contribution in [2.45, 2.75) is 31.2 Å². The monoisotopic (exact) mass is 290 g/mol. The molecular formula is C10H14N2O6S. The van der Waals surface area contributed by atoms with Crippen molar-refractivity contribution >= 4 is 21.9 Å². The normalized spacial score (nSPS) is 13.0.